The van der Waals surface area contributed by atoms with E-state index >= 15 is 0 Å². The van der Waals surface area contributed by atoms with E-state index in [2.05, 4.69) is 29.6 Å². The quantitative estimate of drug-likeness (QED) is 0.862. The Kier molecular flexibility index (Phi) is 4.28. The molecule has 1 aliphatic rings. The smallest absolute Gasteiger partial charge is 0.0432 e. The maximum Gasteiger partial charge on any atom is 0.0432 e. The highest BCUT2D eigenvalue weighted by Crippen LogP contribution is 2.29. The first-order valence-corrected chi connectivity index (χ1v) is 6.38. The third-order valence-electron chi connectivity index (χ3n) is 3.01. The molecule has 0 saturated carbocycles. The first-order chi connectivity index (χ1) is 7.81. The van der Waals surface area contributed by atoms with Crippen LogP contribution in [0.5, 0.6) is 0 Å². The lowest BCUT2D eigenvalue weighted by Gasteiger charge is -2.26. The van der Waals surface area contributed by atoms with E-state index in [0.717, 1.165) is 0 Å². The number of halogens is 2. The zero-order chi connectivity index (χ0) is 11.4. The second kappa shape index (κ2) is 5.72. The number of benzene rings is 1. The van der Waals surface area contributed by atoms with Gasteiger partial charge in [-0.2, -0.15) is 0 Å². The first-order valence-electron chi connectivity index (χ1n) is 5.57. The van der Waals surface area contributed by atoms with Gasteiger partial charge in [-0.15, -0.1) is 0 Å². The van der Waals surface area contributed by atoms with E-state index in [4.69, 9.17) is 23.2 Å². The predicted molar refractivity (Wildman–Crippen MR) is 69.9 cm³/mol. The highest BCUT2D eigenvalue weighted by Gasteiger charge is 2.18. The van der Waals surface area contributed by atoms with Gasteiger partial charge in [0.25, 0.3) is 0 Å². The van der Waals surface area contributed by atoms with Gasteiger partial charge in [-0.25, -0.2) is 0 Å². The highest BCUT2D eigenvalue weighted by atomic mass is 35.5. The lowest BCUT2D eigenvalue weighted by Crippen LogP contribution is -2.26. The van der Waals surface area contributed by atoms with Crippen molar-refractivity contribution in [2.24, 2.45) is 0 Å². The fraction of sp³-hybridized carbons (Fsp3) is 0.385. The molecule has 1 nitrogen and oxygen atoms in total. The third-order valence-corrected chi connectivity index (χ3v) is 3.62. The first kappa shape index (κ1) is 12.0. The van der Waals surface area contributed by atoms with Gasteiger partial charge >= 0.3 is 0 Å². The molecule has 0 fully saturated rings. The van der Waals surface area contributed by atoms with Crippen LogP contribution in [-0.2, 0) is 6.42 Å². The molecule has 0 bridgehead atoms. The minimum Gasteiger partial charge on any atom is -0.305 e. The van der Waals surface area contributed by atoms with Gasteiger partial charge < -0.3 is 5.32 Å². The van der Waals surface area contributed by atoms with Crippen LogP contribution in [0.15, 0.2) is 34.8 Å². The van der Waals surface area contributed by atoms with Gasteiger partial charge in [0.2, 0.25) is 0 Å². The van der Waals surface area contributed by atoms with Crippen molar-refractivity contribution in [3.8, 4) is 0 Å². The Morgan fingerprint density at radius 3 is 3.06 bits per heavy atom. The normalized spacial score (nSPS) is 20.6. The standard InChI is InChI=1S/C13H15Cl2N/c14-8-11(15)9-16-13-7-3-5-10-4-1-2-6-12(10)13/h1-2,4,6,8,13,16H,3,5,7,9H2. The molecule has 1 N–H and O–H groups in total. The molecule has 1 aromatic carbocycles. The van der Waals surface area contributed by atoms with Crippen LogP contribution in [0.4, 0.5) is 0 Å². The van der Waals surface area contributed by atoms with E-state index in [0.29, 0.717) is 17.6 Å². The van der Waals surface area contributed by atoms with Crippen LogP contribution in [0.25, 0.3) is 0 Å². The molecule has 0 heterocycles. The Hall–Kier alpha value is -0.500. The van der Waals surface area contributed by atoms with Crippen molar-refractivity contribution in [3.63, 3.8) is 0 Å². The van der Waals surface area contributed by atoms with Gasteiger partial charge in [0, 0.05) is 23.2 Å². The van der Waals surface area contributed by atoms with Crippen molar-refractivity contribution in [1.82, 2.24) is 5.32 Å². The van der Waals surface area contributed by atoms with Crippen molar-refractivity contribution in [2.45, 2.75) is 25.3 Å². The molecule has 0 aliphatic heterocycles. The van der Waals surface area contributed by atoms with E-state index in [1.54, 1.807) is 0 Å². The molecule has 0 spiro atoms. The number of rotatable bonds is 3. The van der Waals surface area contributed by atoms with Gasteiger partial charge in [0.05, 0.1) is 0 Å². The number of aryl methyl sites for hydroxylation is 1. The van der Waals surface area contributed by atoms with Gasteiger partial charge in [-0.1, -0.05) is 47.5 Å². The Bertz CT molecular complexity index is 387. The zero-order valence-corrected chi connectivity index (χ0v) is 10.6. The molecular formula is C13H15Cl2N. The van der Waals surface area contributed by atoms with Gasteiger partial charge in [-0.3, -0.25) is 0 Å². The van der Waals surface area contributed by atoms with Gasteiger partial charge in [-0.05, 0) is 30.4 Å². The monoisotopic (exact) mass is 255 g/mol. The van der Waals surface area contributed by atoms with Crippen molar-refractivity contribution in [3.05, 3.63) is 46.0 Å². The Morgan fingerprint density at radius 1 is 1.44 bits per heavy atom. The second-order valence-corrected chi connectivity index (χ2v) is 4.78. The summed E-state index contributed by atoms with van der Waals surface area (Å²) in [5.74, 6) is 0. The van der Waals surface area contributed by atoms with Crippen molar-refractivity contribution in [2.75, 3.05) is 6.54 Å². The molecule has 0 aromatic heterocycles. The van der Waals surface area contributed by atoms with Crippen LogP contribution in [-0.4, -0.2) is 6.54 Å². The van der Waals surface area contributed by atoms with E-state index in [9.17, 15) is 0 Å². The van der Waals surface area contributed by atoms with E-state index in [1.807, 2.05) is 0 Å². The summed E-state index contributed by atoms with van der Waals surface area (Å²) in [6.45, 7) is 0.643. The van der Waals surface area contributed by atoms with Crippen LogP contribution in [0.3, 0.4) is 0 Å². The highest BCUT2D eigenvalue weighted by molar-refractivity contribution is 6.36. The van der Waals surface area contributed by atoms with Gasteiger partial charge in [0.1, 0.15) is 0 Å². The lowest BCUT2D eigenvalue weighted by atomic mass is 9.88. The summed E-state index contributed by atoms with van der Waals surface area (Å²) in [4.78, 5) is 0. The number of fused-ring (bicyclic) bond motifs is 1. The average molecular weight is 256 g/mol. The van der Waals surface area contributed by atoms with Crippen molar-refractivity contribution in [1.29, 1.82) is 0 Å². The summed E-state index contributed by atoms with van der Waals surface area (Å²) in [5, 5.41) is 4.10. The van der Waals surface area contributed by atoms with E-state index in [-0.39, 0.29) is 0 Å². The molecule has 2 rings (SSSR count). The minimum absolute atomic E-state index is 0.412. The predicted octanol–water partition coefficient (Wildman–Crippen LogP) is 3.97. The lowest BCUT2D eigenvalue weighted by molar-refractivity contribution is 0.479. The number of hydrogen-bond acceptors (Lipinski definition) is 1. The van der Waals surface area contributed by atoms with Gasteiger partial charge in [0.15, 0.2) is 0 Å². The summed E-state index contributed by atoms with van der Waals surface area (Å²) in [5.41, 5.74) is 4.29. The number of hydrogen-bond donors (Lipinski definition) is 1. The molecule has 0 amide bonds. The van der Waals surface area contributed by atoms with E-state index in [1.165, 1.54) is 35.9 Å². The Balaban J connectivity index is 2.07. The molecule has 0 saturated heterocycles. The molecule has 1 unspecified atom stereocenters. The van der Waals surface area contributed by atoms with Crippen molar-refractivity contribution >= 4 is 23.2 Å². The maximum absolute atomic E-state index is 5.88. The number of nitrogens with one attached hydrogen (secondary N) is 1. The summed E-state index contributed by atoms with van der Waals surface area (Å²) in [6.07, 6.45) is 3.59. The summed E-state index contributed by atoms with van der Waals surface area (Å²) >= 11 is 11.4. The molecule has 1 atom stereocenters. The molecular weight excluding hydrogens is 241 g/mol. The molecule has 16 heavy (non-hydrogen) atoms. The molecule has 1 aliphatic carbocycles. The van der Waals surface area contributed by atoms with Crippen molar-refractivity contribution < 1.29 is 0 Å². The molecule has 3 heteroatoms. The minimum atomic E-state index is 0.412. The zero-order valence-electron chi connectivity index (χ0n) is 9.05. The summed E-state index contributed by atoms with van der Waals surface area (Å²) in [6, 6.07) is 9.02. The third kappa shape index (κ3) is 2.79. The maximum atomic E-state index is 5.88. The Labute approximate surface area is 106 Å². The Morgan fingerprint density at radius 2 is 2.25 bits per heavy atom. The fourth-order valence-corrected chi connectivity index (χ4v) is 2.38. The summed E-state index contributed by atoms with van der Waals surface area (Å²) in [7, 11) is 0. The van der Waals surface area contributed by atoms with Crippen LogP contribution >= 0.6 is 23.2 Å². The van der Waals surface area contributed by atoms with Crippen LogP contribution < -0.4 is 5.32 Å². The van der Waals surface area contributed by atoms with Crippen LogP contribution in [0.1, 0.15) is 30.0 Å². The second-order valence-electron chi connectivity index (χ2n) is 4.08. The van der Waals surface area contributed by atoms with Crippen LogP contribution in [0, 0.1) is 0 Å². The van der Waals surface area contributed by atoms with E-state index < -0.39 is 0 Å². The summed E-state index contributed by atoms with van der Waals surface area (Å²) < 4.78 is 0. The topological polar surface area (TPSA) is 12.0 Å². The largest absolute Gasteiger partial charge is 0.305 e. The average Bonchev–Trinajstić information content (AvgIpc) is 2.35. The molecule has 1 aromatic rings. The van der Waals surface area contributed by atoms with Crippen LogP contribution in [0.2, 0.25) is 0 Å². The molecule has 86 valence electrons. The fourth-order valence-electron chi connectivity index (χ4n) is 2.23. The molecule has 0 radical (unpaired) electrons. The SMILES string of the molecule is ClC=C(Cl)CNC1CCCc2ccccc21.